The van der Waals surface area contributed by atoms with Crippen LogP contribution in [0.2, 0.25) is 0 Å². The topological polar surface area (TPSA) is 60.6 Å². The van der Waals surface area contributed by atoms with E-state index in [0.717, 1.165) is 50.7 Å². The van der Waals surface area contributed by atoms with Gasteiger partial charge in [0, 0.05) is 36.9 Å². The molecule has 1 atom stereocenters. The molecule has 0 aliphatic carbocycles. The molecule has 0 amide bonds. The summed E-state index contributed by atoms with van der Waals surface area (Å²) in [5, 5.41) is 4.12. The summed E-state index contributed by atoms with van der Waals surface area (Å²) in [6.07, 6.45) is 0.966. The highest BCUT2D eigenvalue weighted by Crippen LogP contribution is 2.29. The Morgan fingerprint density at radius 1 is 1.13 bits per heavy atom. The van der Waals surface area contributed by atoms with E-state index in [1.54, 1.807) is 0 Å². The molecule has 122 valence electrons. The second kappa shape index (κ2) is 6.29. The first-order valence-electron chi connectivity index (χ1n) is 8.16. The van der Waals surface area contributed by atoms with Gasteiger partial charge in [-0.05, 0) is 37.1 Å². The van der Waals surface area contributed by atoms with Crippen LogP contribution in [0, 0.1) is 6.92 Å². The second-order valence-electron chi connectivity index (χ2n) is 6.12. The summed E-state index contributed by atoms with van der Waals surface area (Å²) in [6, 6.07) is 6.31. The maximum absolute atomic E-state index is 5.45. The van der Waals surface area contributed by atoms with Crippen LogP contribution in [0.3, 0.4) is 0 Å². The Labute approximate surface area is 135 Å². The number of aryl methyl sites for hydroxylation is 1. The number of hydrogen-bond donors (Lipinski definition) is 0. The van der Waals surface area contributed by atoms with E-state index in [4.69, 9.17) is 14.0 Å². The van der Waals surface area contributed by atoms with E-state index >= 15 is 0 Å². The SMILES string of the molecule is Cc1cc(-c2nc([C@@H]3CCOC3)no2)ccc1N1CCOCC1. The molecule has 6 nitrogen and oxygen atoms in total. The Hall–Kier alpha value is -1.92. The molecule has 1 aromatic carbocycles. The standard InChI is InChI=1S/C17H21N3O3/c1-12-10-13(2-3-15(12)20-5-8-21-9-6-20)17-18-16(19-23-17)14-4-7-22-11-14/h2-3,10,14H,4-9,11H2,1H3/t14-/m1/s1. The summed E-state index contributed by atoms with van der Waals surface area (Å²) in [5.41, 5.74) is 3.44. The molecule has 0 spiro atoms. The molecule has 2 aromatic rings. The van der Waals surface area contributed by atoms with E-state index < -0.39 is 0 Å². The lowest BCUT2D eigenvalue weighted by molar-refractivity contribution is 0.122. The van der Waals surface area contributed by atoms with Gasteiger partial charge in [-0.15, -0.1) is 0 Å². The van der Waals surface area contributed by atoms with Gasteiger partial charge in [0.15, 0.2) is 5.82 Å². The third-order valence-corrected chi connectivity index (χ3v) is 4.53. The van der Waals surface area contributed by atoms with Gasteiger partial charge in [0.2, 0.25) is 0 Å². The van der Waals surface area contributed by atoms with Crippen molar-refractivity contribution in [1.29, 1.82) is 0 Å². The molecule has 2 fully saturated rings. The minimum absolute atomic E-state index is 0.265. The molecule has 4 rings (SSSR count). The largest absolute Gasteiger partial charge is 0.381 e. The maximum atomic E-state index is 5.45. The van der Waals surface area contributed by atoms with Crippen LogP contribution in [0.5, 0.6) is 0 Å². The van der Waals surface area contributed by atoms with Crippen molar-refractivity contribution in [2.75, 3.05) is 44.4 Å². The van der Waals surface area contributed by atoms with Crippen LogP contribution in [0.25, 0.3) is 11.5 Å². The second-order valence-corrected chi connectivity index (χ2v) is 6.12. The first kappa shape index (κ1) is 14.7. The van der Waals surface area contributed by atoms with Gasteiger partial charge in [-0.3, -0.25) is 0 Å². The van der Waals surface area contributed by atoms with Gasteiger partial charge in [-0.25, -0.2) is 0 Å². The van der Waals surface area contributed by atoms with Crippen LogP contribution in [0.1, 0.15) is 23.7 Å². The van der Waals surface area contributed by atoms with Gasteiger partial charge in [-0.1, -0.05) is 5.16 Å². The summed E-state index contributed by atoms with van der Waals surface area (Å²) in [6.45, 7) is 7.04. The van der Waals surface area contributed by atoms with Crippen molar-refractivity contribution in [3.8, 4) is 11.5 Å². The summed E-state index contributed by atoms with van der Waals surface area (Å²) >= 11 is 0. The fraction of sp³-hybridized carbons (Fsp3) is 0.529. The van der Waals surface area contributed by atoms with Crippen molar-refractivity contribution in [3.63, 3.8) is 0 Å². The predicted molar refractivity (Wildman–Crippen MR) is 85.7 cm³/mol. The third-order valence-electron chi connectivity index (χ3n) is 4.53. The van der Waals surface area contributed by atoms with Gasteiger partial charge in [0.1, 0.15) is 0 Å². The van der Waals surface area contributed by atoms with Crippen LogP contribution >= 0.6 is 0 Å². The van der Waals surface area contributed by atoms with E-state index in [2.05, 4.69) is 40.2 Å². The number of nitrogens with zero attached hydrogens (tertiary/aromatic N) is 3. The maximum Gasteiger partial charge on any atom is 0.257 e. The fourth-order valence-electron chi connectivity index (χ4n) is 3.20. The molecule has 0 unspecified atom stereocenters. The van der Waals surface area contributed by atoms with Gasteiger partial charge in [0.05, 0.1) is 19.8 Å². The van der Waals surface area contributed by atoms with Crippen molar-refractivity contribution in [3.05, 3.63) is 29.6 Å². The summed E-state index contributed by atoms with van der Waals surface area (Å²) < 4.78 is 16.3. The van der Waals surface area contributed by atoms with Crippen LogP contribution in [0.15, 0.2) is 22.7 Å². The lowest BCUT2D eigenvalue weighted by atomic mass is 10.1. The van der Waals surface area contributed by atoms with E-state index in [1.165, 1.54) is 11.3 Å². The molecule has 3 heterocycles. The number of hydrogen-bond acceptors (Lipinski definition) is 6. The minimum atomic E-state index is 0.265. The van der Waals surface area contributed by atoms with Crippen LogP contribution < -0.4 is 4.90 Å². The Balaban J connectivity index is 1.56. The van der Waals surface area contributed by atoms with E-state index in [0.29, 0.717) is 12.5 Å². The highest BCUT2D eigenvalue weighted by Gasteiger charge is 2.23. The fourth-order valence-corrected chi connectivity index (χ4v) is 3.20. The Kier molecular flexibility index (Phi) is 4.01. The normalized spacial score (nSPS) is 21.8. The lowest BCUT2D eigenvalue weighted by Crippen LogP contribution is -2.36. The zero-order valence-corrected chi connectivity index (χ0v) is 13.3. The number of aromatic nitrogens is 2. The summed E-state index contributed by atoms with van der Waals surface area (Å²) in [5.74, 6) is 1.61. The Morgan fingerprint density at radius 2 is 2.00 bits per heavy atom. The van der Waals surface area contributed by atoms with Crippen molar-refractivity contribution < 1.29 is 14.0 Å². The molecule has 2 saturated heterocycles. The van der Waals surface area contributed by atoms with Crippen molar-refractivity contribution in [1.82, 2.24) is 10.1 Å². The zero-order chi connectivity index (χ0) is 15.6. The van der Waals surface area contributed by atoms with E-state index in [1.807, 2.05) is 0 Å². The molecule has 2 aliphatic rings. The number of benzene rings is 1. The van der Waals surface area contributed by atoms with Gasteiger partial charge in [-0.2, -0.15) is 4.98 Å². The molecular formula is C17H21N3O3. The molecule has 0 radical (unpaired) electrons. The van der Waals surface area contributed by atoms with Crippen molar-refractivity contribution >= 4 is 5.69 Å². The smallest absolute Gasteiger partial charge is 0.257 e. The van der Waals surface area contributed by atoms with Crippen molar-refractivity contribution in [2.45, 2.75) is 19.3 Å². The van der Waals surface area contributed by atoms with E-state index in [9.17, 15) is 0 Å². The minimum Gasteiger partial charge on any atom is -0.381 e. The predicted octanol–water partition coefficient (Wildman–Crippen LogP) is 2.39. The molecule has 0 bridgehead atoms. The lowest BCUT2D eigenvalue weighted by Gasteiger charge is -2.30. The van der Waals surface area contributed by atoms with E-state index in [-0.39, 0.29) is 5.92 Å². The molecule has 6 heteroatoms. The van der Waals surface area contributed by atoms with Crippen LogP contribution in [0.4, 0.5) is 5.69 Å². The molecule has 0 N–H and O–H groups in total. The first-order chi connectivity index (χ1) is 11.3. The molecular weight excluding hydrogens is 294 g/mol. The van der Waals surface area contributed by atoms with Crippen LogP contribution in [-0.2, 0) is 9.47 Å². The molecule has 23 heavy (non-hydrogen) atoms. The van der Waals surface area contributed by atoms with Gasteiger partial charge < -0.3 is 18.9 Å². The Bertz CT molecular complexity index is 673. The van der Waals surface area contributed by atoms with Gasteiger partial charge >= 0.3 is 0 Å². The number of anilines is 1. The third kappa shape index (κ3) is 2.96. The number of rotatable bonds is 3. The first-order valence-corrected chi connectivity index (χ1v) is 8.16. The summed E-state index contributed by atoms with van der Waals surface area (Å²) in [4.78, 5) is 6.91. The summed E-state index contributed by atoms with van der Waals surface area (Å²) in [7, 11) is 0. The average Bonchev–Trinajstić information content (AvgIpc) is 3.27. The zero-order valence-electron chi connectivity index (χ0n) is 13.3. The highest BCUT2D eigenvalue weighted by atomic mass is 16.5. The number of ether oxygens (including phenoxy) is 2. The number of morpholine rings is 1. The highest BCUT2D eigenvalue weighted by molar-refractivity contribution is 5.63. The molecule has 0 saturated carbocycles. The quantitative estimate of drug-likeness (QED) is 0.867. The van der Waals surface area contributed by atoms with Crippen molar-refractivity contribution in [2.24, 2.45) is 0 Å². The van der Waals surface area contributed by atoms with Crippen LogP contribution in [-0.4, -0.2) is 49.7 Å². The monoisotopic (exact) mass is 315 g/mol. The van der Waals surface area contributed by atoms with Gasteiger partial charge in [0.25, 0.3) is 5.89 Å². The Morgan fingerprint density at radius 3 is 2.74 bits per heavy atom. The molecule has 2 aliphatic heterocycles. The molecule has 1 aromatic heterocycles. The average molecular weight is 315 g/mol.